The summed E-state index contributed by atoms with van der Waals surface area (Å²) in [6.45, 7) is 2.15. The van der Waals surface area contributed by atoms with Crippen molar-refractivity contribution in [1.82, 2.24) is 9.88 Å². The van der Waals surface area contributed by atoms with E-state index < -0.39 is 0 Å². The maximum absolute atomic E-state index is 12.7. The number of nitrogens with zero attached hydrogens (tertiary/aromatic N) is 3. The third-order valence-corrected chi connectivity index (χ3v) is 4.96. The van der Waals surface area contributed by atoms with Crippen LogP contribution in [0.1, 0.15) is 17.5 Å². The van der Waals surface area contributed by atoms with Crippen LogP contribution >= 0.6 is 11.6 Å². The van der Waals surface area contributed by atoms with Gasteiger partial charge < -0.3 is 4.90 Å². The summed E-state index contributed by atoms with van der Waals surface area (Å²) in [6.07, 6.45) is 4.84. The highest BCUT2D eigenvalue weighted by Crippen LogP contribution is 2.27. The average molecular weight is 352 g/mol. The van der Waals surface area contributed by atoms with E-state index in [1.54, 1.807) is 12.4 Å². The van der Waals surface area contributed by atoms with Gasteiger partial charge in [0, 0.05) is 36.1 Å². The highest BCUT2D eigenvalue weighted by Gasteiger charge is 2.28. The lowest BCUT2D eigenvalue weighted by Gasteiger charge is -2.29. The van der Waals surface area contributed by atoms with Gasteiger partial charge in [-0.15, -0.1) is 0 Å². The molecular formula is C20H18ClN3O. The van der Waals surface area contributed by atoms with Crippen molar-refractivity contribution in [2.45, 2.75) is 12.8 Å². The molecule has 2 aromatic rings. The van der Waals surface area contributed by atoms with Crippen LogP contribution in [-0.2, 0) is 11.2 Å². The van der Waals surface area contributed by atoms with E-state index in [1.807, 2.05) is 41.3 Å². The highest BCUT2D eigenvalue weighted by molar-refractivity contribution is 6.30. The second kappa shape index (κ2) is 6.81. The van der Waals surface area contributed by atoms with E-state index in [4.69, 9.17) is 16.6 Å². The fourth-order valence-corrected chi connectivity index (χ4v) is 3.62. The smallest absolute Gasteiger partial charge is 0.227 e. The minimum absolute atomic E-state index is 0.134. The third-order valence-electron chi connectivity index (χ3n) is 4.72. The van der Waals surface area contributed by atoms with Gasteiger partial charge in [-0.2, -0.15) is 0 Å². The Morgan fingerprint density at radius 1 is 1.20 bits per heavy atom. The first-order valence-electron chi connectivity index (χ1n) is 8.39. The summed E-state index contributed by atoms with van der Waals surface area (Å²) in [4.78, 5) is 23.4. The number of amides is 1. The van der Waals surface area contributed by atoms with E-state index in [0.717, 1.165) is 36.3 Å². The Kier molecular flexibility index (Phi) is 4.36. The first kappa shape index (κ1) is 16.0. The molecule has 0 aliphatic carbocycles. The number of pyridine rings is 1. The molecule has 0 bridgehead atoms. The number of halogens is 1. The monoisotopic (exact) mass is 351 g/mol. The molecule has 1 aromatic heterocycles. The van der Waals surface area contributed by atoms with Crippen molar-refractivity contribution in [2.24, 2.45) is 4.99 Å². The second-order valence-corrected chi connectivity index (χ2v) is 6.79. The Morgan fingerprint density at radius 3 is 2.84 bits per heavy atom. The molecule has 0 saturated heterocycles. The van der Waals surface area contributed by atoms with Crippen LogP contribution in [0.5, 0.6) is 0 Å². The summed E-state index contributed by atoms with van der Waals surface area (Å²) in [5, 5.41) is 0.664. The predicted octanol–water partition coefficient (Wildman–Crippen LogP) is 3.31. The Hall–Kier alpha value is -2.46. The normalized spacial score (nSPS) is 16.7. The van der Waals surface area contributed by atoms with Crippen LogP contribution in [-0.4, -0.2) is 41.1 Å². The van der Waals surface area contributed by atoms with Crippen molar-refractivity contribution in [3.05, 3.63) is 76.1 Å². The van der Waals surface area contributed by atoms with Crippen molar-refractivity contribution in [1.29, 1.82) is 0 Å². The minimum atomic E-state index is 0.134. The van der Waals surface area contributed by atoms with Crippen LogP contribution in [0.15, 0.2) is 64.9 Å². The molecule has 25 heavy (non-hydrogen) atoms. The Morgan fingerprint density at radius 2 is 2.04 bits per heavy atom. The summed E-state index contributed by atoms with van der Waals surface area (Å²) in [5.41, 5.74) is 5.60. The van der Waals surface area contributed by atoms with Crippen LogP contribution < -0.4 is 0 Å². The van der Waals surface area contributed by atoms with E-state index in [1.165, 1.54) is 11.1 Å². The molecule has 3 heterocycles. The highest BCUT2D eigenvalue weighted by atomic mass is 35.5. The van der Waals surface area contributed by atoms with Gasteiger partial charge in [0.1, 0.15) is 0 Å². The first-order chi connectivity index (χ1) is 12.2. The molecule has 0 N–H and O–H groups in total. The molecule has 0 spiro atoms. The molecule has 2 aliphatic heterocycles. The van der Waals surface area contributed by atoms with Crippen molar-refractivity contribution in [3.8, 4) is 0 Å². The maximum atomic E-state index is 12.7. The number of carbonyl (C=O) groups excluding carboxylic acids is 1. The molecule has 0 fully saturated rings. The summed E-state index contributed by atoms with van der Waals surface area (Å²) in [6, 6.07) is 11.4. The lowest BCUT2D eigenvalue weighted by molar-refractivity contribution is -0.130. The van der Waals surface area contributed by atoms with Gasteiger partial charge in [-0.1, -0.05) is 23.7 Å². The topological polar surface area (TPSA) is 45.6 Å². The fraction of sp³-hybridized carbons (Fsp3) is 0.250. The summed E-state index contributed by atoms with van der Waals surface area (Å²) in [5.74, 6) is 0.134. The fourth-order valence-electron chi connectivity index (χ4n) is 3.41. The standard InChI is InChI=1S/C20H18ClN3O/c21-17-3-1-2-14(10-17)11-19(25)24-9-6-16-12-23-20(18(16)13-24)15-4-7-22-8-5-15/h1-5,7-8,10H,6,9,11-13H2. The summed E-state index contributed by atoms with van der Waals surface area (Å²) in [7, 11) is 0. The van der Waals surface area contributed by atoms with Crippen LogP contribution in [0, 0.1) is 0 Å². The number of hydrogen-bond donors (Lipinski definition) is 0. The van der Waals surface area contributed by atoms with E-state index >= 15 is 0 Å². The number of aliphatic imine (C=N–C) groups is 1. The van der Waals surface area contributed by atoms with Gasteiger partial charge >= 0.3 is 0 Å². The van der Waals surface area contributed by atoms with Crippen LogP contribution in [0.25, 0.3) is 0 Å². The summed E-state index contributed by atoms with van der Waals surface area (Å²) < 4.78 is 0. The average Bonchev–Trinajstić information content (AvgIpc) is 3.05. The molecule has 4 rings (SSSR count). The molecule has 5 heteroatoms. The van der Waals surface area contributed by atoms with Crippen molar-refractivity contribution >= 4 is 23.2 Å². The van der Waals surface area contributed by atoms with Crippen LogP contribution in [0.2, 0.25) is 5.02 Å². The number of carbonyl (C=O) groups is 1. The van der Waals surface area contributed by atoms with E-state index in [-0.39, 0.29) is 5.91 Å². The molecule has 1 aromatic carbocycles. The first-order valence-corrected chi connectivity index (χ1v) is 8.77. The SMILES string of the molecule is O=C(Cc1cccc(Cl)c1)N1CCC2=C(C1)C(c1ccncc1)=NC2. The van der Waals surface area contributed by atoms with Gasteiger partial charge in [0.05, 0.1) is 18.7 Å². The van der Waals surface area contributed by atoms with Crippen molar-refractivity contribution in [3.63, 3.8) is 0 Å². The zero-order chi connectivity index (χ0) is 17.2. The minimum Gasteiger partial charge on any atom is -0.338 e. The molecule has 0 unspecified atom stereocenters. The van der Waals surface area contributed by atoms with Gasteiger partial charge in [-0.05, 0) is 47.4 Å². The van der Waals surface area contributed by atoms with E-state index in [2.05, 4.69) is 4.98 Å². The van der Waals surface area contributed by atoms with Gasteiger partial charge in [-0.25, -0.2) is 0 Å². The Balaban J connectivity index is 1.50. The van der Waals surface area contributed by atoms with Crippen LogP contribution in [0.3, 0.4) is 0 Å². The molecular weight excluding hydrogens is 334 g/mol. The molecule has 4 nitrogen and oxygen atoms in total. The van der Waals surface area contributed by atoms with Crippen LogP contribution in [0.4, 0.5) is 0 Å². The van der Waals surface area contributed by atoms with Gasteiger partial charge in [0.2, 0.25) is 5.91 Å². The van der Waals surface area contributed by atoms with Gasteiger partial charge in [0.25, 0.3) is 0 Å². The number of rotatable bonds is 3. The Bertz CT molecular complexity index is 874. The third kappa shape index (κ3) is 3.35. The second-order valence-electron chi connectivity index (χ2n) is 6.35. The molecule has 0 saturated carbocycles. The lowest BCUT2D eigenvalue weighted by atomic mass is 9.95. The molecule has 0 radical (unpaired) electrons. The molecule has 126 valence electrons. The van der Waals surface area contributed by atoms with Crippen molar-refractivity contribution < 1.29 is 4.79 Å². The van der Waals surface area contributed by atoms with E-state index in [0.29, 0.717) is 18.0 Å². The Labute approximate surface area is 151 Å². The largest absolute Gasteiger partial charge is 0.338 e. The number of hydrogen-bond acceptors (Lipinski definition) is 3. The quantitative estimate of drug-likeness (QED) is 0.851. The summed E-state index contributed by atoms with van der Waals surface area (Å²) >= 11 is 6.02. The molecule has 2 aliphatic rings. The van der Waals surface area contributed by atoms with Gasteiger partial charge in [-0.3, -0.25) is 14.8 Å². The zero-order valence-corrected chi connectivity index (χ0v) is 14.5. The zero-order valence-electron chi connectivity index (χ0n) is 13.8. The van der Waals surface area contributed by atoms with E-state index in [9.17, 15) is 4.79 Å². The number of benzene rings is 1. The van der Waals surface area contributed by atoms with Gasteiger partial charge in [0.15, 0.2) is 0 Å². The van der Waals surface area contributed by atoms with Crippen molar-refractivity contribution in [2.75, 3.05) is 19.6 Å². The maximum Gasteiger partial charge on any atom is 0.227 e. The molecule has 1 amide bonds. The lowest BCUT2D eigenvalue weighted by Crippen LogP contribution is -2.39. The predicted molar refractivity (Wildman–Crippen MR) is 99.0 cm³/mol. The molecule has 0 atom stereocenters. The number of aromatic nitrogens is 1.